The quantitative estimate of drug-likeness (QED) is 0.492. The molecule has 2 aliphatic heterocycles. The Hall–Kier alpha value is -0.541. The van der Waals surface area contributed by atoms with Crippen LogP contribution in [0.1, 0.15) is 38.5 Å². The molecule has 142 valence electrons. The maximum absolute atomic E-state index is 2.65. The lowest BCUT2D eigenvalue weighted by Gasteiger charge is -2.39. The van der Waals surface area contributed by atoms with Gasteiger partial charge in [-0.25, -0.2) is 0 Å². The lowest BCUT2D eigenvalue weighted by atomic mass is 9.35. The monoisotopic (exact) mass is 382 g/mol. The molecular weight excluding hydrogens is 343 g/mol. The molecule has 0 nitrogen and oxygen atoms in total. The number of benzene rings is 1. The van der Waals surface area contributed by atoms with E-state index in [0.717, 1.165) is 23.9 Å². The van der Waals surface area contributed by atoms with E-state index >= 15 is 0 Å². The van der Waals surface area contributed by atoms with E-state index in [1.807, 2.05) is 0 Å². The molecule has 1 aromatic carbocycles. The molecule has 0 unspecified atom stereocenters. The number of rotatable bonds is 5. The Morgan fingerprint density at radius 3 is 2.12 bits per heavy atom. The summed E-state index contributed by atoms with van der Waals surface area (Å²) in [5, 5.41) is 1.57. The summed E-state index contributed by atoms with van der Waals surface area (Å²) in [5.74, 6) is 2.04. The van der Waals surface area contributed by atoms with Crippen molar-refractivity contribution in [3.8, 4) is 0 Å². The van der Waals surface area contributed by atoms with E-state index in [1.54, 1.807) is 5.19 Å². The van der Waals surface area contributed by atoms with Gasteiger partial charge in [-0.3, -0.25) is 0 Å². The molecule has 0 saturated carbocycles. The van der Waals surface area contributed by atoms with Gasteiger partial charge in [-0.1, -0.05) is 136 Å². The van der Waals surface area contributed by atoms with Crippen LogP contribution in [0.2, 0.25) is 50.3 Å². The number of hydrogen-bond donors (Lipinski definition) is 0. The minimum Gasteiger partial charge on any atom is -0.0992 e. The van der Waals surface area contributed by atoms with E-state index in [9.17, 15) is 0 Å². The van der Waals surface area contributed by atoms with Crippen LogP contribution >= 0.6 is 0 Å². The molecule has 0 amide bonds. The highest BCUT2D eigenvalue weighted by molar-refractivity contribution is 6.94. The molecule has 2 aliphatic rings. The smallest absolute Gasteiger partial charge is 0.0992 e. The molecule has 3 rings (SSSR count). The number of allylic oxidation sites excluding steroid dienone is 1. The molecule has 26 heavy (non-hydrogen) atoms. The van der Waals surface area contributed by atoms with Crippen molar-refractivity contribution in [2.75, 3.05) is 0 Å². The van der Waals surface area contributed by atoms with Crippen molar-refractivity contribution < 1.29 is 0 Å². The highest BCUT2D eigenvalue weighted by Crippen LogP contribution is 2.51. The maximum atomic E-state index is 2.65. The van der Waals surface area contributed by atoms with Crippen molar-refractivity contribution in [3.63, 3.8) is 0 Å². The van der Waals surface area contributed by atoms with Crippen LogP contribution in [-0.2, 0) is 0 Å². The zero-order chi connectivity index (χ0) is 18.8. The van der Waals surface area contributed by atoms with Crippen molar-refractivity contribution in [1.29, 1.82) is 0 Å². The third-order valence-corrected chi connectivity index (χ3v) is 13.1. The molecular formula is C23H39BSi2. The van der Waals surface area contributed by atoms with Gasteiger partial charge in [-0.05, 0) is 5.92 Å². The van der Waals surface area contributed by atoms with E-state index in [1.165, 1.54) is 44.8 Å². The Kier molecular flexibility index (Phi) is 6.39. The molecule has 0 aromatic heterocycles. The van der Waals surface area contributed by atoms with Gasteiger partial charge in [0.2, 0.25) is 0 Å². The van der Waals surface area contributed by atoms with Crippen LogP contribution in [0.25, 0.3) is 0 Å². The van der Waals surface area contributed by atoms with Crippen LogP contribution in [-0.4, -0.2) is 22.9 Å². The first-order chi connectivity index (χ1) is 12.3. The van der Waals surface area contributed by atoms with Gasteiger partial charge in [0.1, 0.15) is 14.8 Å². The Morgan fingerprint density at radius 2 is 1.54 bits per heavy atom. The van der Waals surface area contributed by atoms with Crippen molar-refractivity contribution in [2.24, 2.45) is 5.92 Å². The fourth-order valence-electron chi connectivity index (χ4n) is 6.18. The van der Waals surface area contributed by atoms with Crippen LogP contribution in [0, 0.1) is 5.92 Å². The summed E-state index contributed by atoms with van der Waals surface area (Å²) in [5.41, 5.74) is 3.68. The van der Waals surface area contributed by atoms with Gasteiger partial charge in [0.05, 0.1) is 0 Å². The van der Waals surface area contributed by atoms with Crippen LogP contribution < -0.4 is 5.19 Å². The van der Waals surface area contributed by atoms with Crippen LogP contribution in [0.4, 0.5) is 0 Å². The topological polar surface area (TPSA) is 0 Å². The molecule has 2 saturated heterocycles. The van der Waals surface area contributed by atoms with Gasteiger partial charge in [0.15, 0.2) is 0 Å². The summed E-state index contributed by atoms with van der Waals surface area (Å²) >= 11 is 0. The van der Waals surface area contributed by atoms with Gasteiger partial charge < -0.3 is 0 Å². The minimum atomic E-state index is -1.45. The summed E-state index contributed by atoms with van der Waals surface area (Å²) in [6.07, 6.45) is 13.0. The second kappa shape index (κ2) is 8.22. The van der Waals surface area contributed by atoms with Crippen molar-refractivity contribution >= 4 is 28.0 Å². The minimum absolute atomic E-state index is 0.966. The van der Waals surface area contributed by atoms with Crippen molar-refractivity contribution in [1.82, 2.24) is 0 Å². The third kappa shape index (κ3) is 4.65. The summed E-state index contributed by atoms with van der Waals surface area (Å²) < 4.78 is 0. The average Bonchev–Trinajstić information content (AvgIpc) is 2.84. The second-order valence-corrected chi connectivity index (χ2v) is 20.4. The summed E-state index contributed by atoms with van der Waals surface area (Å²) in [4.78, 5) is 0. The average molecular weight is 383 g/mol. The highest BCUT2D eigenvalue weighted by Gasteiger charge is 2.46. The Bertz CT molecular complexity index is 592. The molecule has 2 fully saturated rings. The van der Waals surface area contributed by atoms with Gasteiger partial charge in [0, 0.05) is 8.07 Å². The van der Waals surface area contributed by atoms with Crippen molar-refractivity contribution in [2.45, 2.75) is 88.8 Å². The zero-order valence-electron chi connectivity index (χ0n) is 17.8. The molecule has 2 heterocycles. The van der Waals surface area contributed by atoms with Crippen molar-refractivity contribution in [3.05, 3.63) is 42.1 Å². The fraction of sp³-hybridized carbons (Fsp3) is 0.652. The van der Waals surface area contributed by atoms with Gasteiger partial charge in [-0.15, -0.1) is 0 Å². The Morgan fingerprint density at radius 1 is 0.923 bits per heavy atom. The predicted molar refractivity (Wildman–Crippen MR) is 125 cm³/mol. The van der Waals surface area contributed by atoms with Gasteiger partial charge in [0.25, 0.3) is 0 Å². The molecule has 1 aromatic rings. The Labute approximate surface area is 165 Å². The lowest BCUT2D eigenvalue weighted by Crippen LogP contribution is -2.43. The van der Waals surface area contributed by atoms with Crippen LogP contribution in [0.5, 0.6) is 0 Å². The zero-order valence-corrected chi connectivity index (χ0v) is 19.8. The normalized spacial score (nSPS) is 27.6. The van der Waals surface area contributed by atoms with Crippen LogP contribution in [0.15, 0.2) is 42.1 Å². The number of hydrogen-bond acceptors (Lipinski definition) is 0. The highest BCUT2D eigenvalue weighted by atomic mass is 28.3. The maximum Gasteiger partial charge on any atom is 0.147 e. The Balaban J connectivity index is 1.79. The molecule has 1 atom stereocenters. The molecule has 0 radical (unpaired) electrons. The SMILES string of the molecule is C[Si](C)(/C=C\CB1C2CCCC(CCC2)[C@@H]1[Si](C)(C)C)c1ccccc1. The molecule has 3 heteroatoms. The first-order valence-corrected chi connectivity index (χ1v) is 17.7. The predicted octanol–water partition coefficient (Wildman–Crippen LogP) is 6.79. The first kappa shape index (κ1) is 20.2. The van der Waals surface area contributed by atoms with E-state index in [0.29, 0.717) is 0 Å². The van der Waals surface area contributed by atoms with E-state index in [-0.39, 0.29) is 0 Å². The summed E-state index contributed by atoms with van der Waals surface area (Å²) in [6, 6.07) is 11.2. The van der Waals surface area contributed by atoms with Crippen LogP contribution in [0.3, 0.4) is 0 Å². The van der Waals surface area contributed by atoms with Gasteiger partial charge in [-0.2, -0.15) is 0 Å². The summed E-state index contributed by atoms with van der Waals surface area (Å²) in [6.45, 7) is 13.9. The fourth-order valence-corrected chi connectivity index (χ4v) is 11.6. The van der Waals surface area contributed by atoms with E-state index < -0.39 is 16.1 Å². The second-order valence-electron chi connectivity index (χ2n) is 10.7. The molecule has 0 spiro atoms. The molecule has 0 aliphatic carbocycles. The molecule has 2 bridgehead atoms. The van der Waals surface area contributed by atoms with Gasteiger partial charge >= 0.3 is 0 Å². The molecule has 0 N–H and O–H groups in total. The van der Waals surface area contributed by atoms with E-state index in [2.05, 4.69) is 74.8 Å². The lowest BCUT2D eigenvalue weighted by molar-refractivity contribution is 0.411. The number of fused-ring (bicyclic) bond motifs is 3. The largest absolute Gasteiger partial charge is 0.147 e. The standard InChI is InChI=1S/C23H39BSi2/c1-25(2,3)23-20-12-9-14-21(15-10-13-20)24(23)18-11-19-26(4,5)22-16-7-6-8-17-22/h6-8,11,16-17,19-21,23H,9-10,12-15,18H2,1-5H3/b19-11-/t20?,21?,23-/m0/s1. The van der Waals surface area contributed by atoms with E-state index in [4.69, 9.17) is 0 Å². The summed E-state index contributed by atoms with van der Waals surface area (Å²) in [7, 11) is -2.57. The first-order valence-electron chi connectivity index (χ1n) is 11.0. The third-order valence-electron chi connectivity index (χ3n) is 7.33.